The molecule has 0 saturated heterocycles. The van der Waals surface area contributed by atoms with Crippen LogP contribution in [0.15, 0.2) is 33.5 Å². The topological polar surface area (TPSA) is 64.0 Å². The first kappa shape index (κ1) is 15.4. The largest absolute Gasteiger partial charge is 0.348 e. The molecule has 0 aliphatic heterocycles. The highest BCUT2D eigenvalue weighted by Gasteiger charge is 2.13. The van der Waals surface area contributed by atoms with E-state index in [1.165, 1.54) is 4.57 Å². The van der Waals surface area contributed by atoms with Crippen molar-refractivity contribution in [1.82, 2.24) is 9.55 Å². The summed E-state index contributed by atoms with van der Waals surface area (Å²) in [6.07, 6.45) is 0. The summed E-state index contributed by atoms with van der Waals surface area (Å²) in [7, 11) is 0. The molecular weight excluding hydrogens is 334 g/mol. The summed E-state index contributed by atoms with van der Waals surface area (Å²) in [6.45, 7) is 5.37. The first-order chi connectivity index (χ1) is 9.90. The van der Waals surface area contributed by atoms with E-state index in [9.17, 15) is 9.59 Å². The van der Waals surface area contributed by atoms with Crippen LogP contribution >= 0.6 is 15.9 Å². The third-order valence-corrected chi connectivity index (χ3v) is 4.40. The van der Waals surface area contributed by atoms with E-state index in [1.807, 2.05) is 31.2 Å². The van der Waals surface area contributed by atoms with E-state index in [0.717, 1.165) is 15.7 Å². The van der Waals surface area contributed by atoms with Gasteiger partial charge in [-0.2, -0.15) is 4.98 Å². The van der Waals surface area contributed by atoms with Crippen molar-refractivity contribution in [3.8, 4) is 0 Å². The second-order valence-electron chi connectivity index (χ2n) is 4.83. The number of carbonyl (C=O) groups is 1. The highest BCUT2D eigenvalue weighted by molar-refractivity contribution is 9.10. The molecule has 0 spiro atoms. The summed E-state index contributed by atoms with van der Waals surface area (Å²) in [5, 5.41) is 2.81. The van der Waals surface area contributed by atoms with Gasteiger partial charge in [-0.3, -0.25) is 9.36 Å². The number of halogens is 1. The number of para-hydroxylation sites is 1. The molecule has 0 unspecified atom stereocenters. The smallest absolute Gasteiger partial charge is 0.324 e. The molecule has 0 radical (unpaired) electrons. The van der Waals surface area contributed by atoms with E-state index in [0.29, 0.717) is 11.4 Å². The molecule has 0 fully saturated rings. The van der Waals surface area contributed by atoms with Crippen molar-refractivity contribution in [2.24, 2.45) is 0 Å². The lowest BCUT2D eigenvalue weighted by Crippen LogP contribution is -2.31. The van der Waals surface area contributed by atoms with Crippen molar-refractivity contribution in [1.29, 1.82) is 0 Å². The van der Waals surface area contributed by atoms with Gasteiger partial charge in [-0.05, 0) is 48.3 Å². The lowest BCUT2D eigenvalue weighted by molar-refractivity contribution is -0.116. The summed E-state index contributed by atoms with van der Waals surface area (Å²) in [4.78, 5) is 27.9. The van der Waals surface area contributed by atoms with E-state index in [4.69, 9.17) is 0 Å². The third kappa shape index (κ3) is 3.39. The Morgan fingerprint density at radius 1 is 1.29 bits per heavy atom. The SMILES string of the molecule is Cc1ccccc1NC(=O)Cn1c(C)c(Br)c(C)nc1=O. The summed E-state index contributed by atoms with van der Waals surface area (Å²) >= 11 is 3.38. The molecule has 1 aromatic heterocycles. The van der Waals surface area contributed by atoms with E-state index in [1.54, 1.807) is 13.8 Å². The summed E-state index contributed by atoms with van der Waals surface area (Å²) in [6, 6.07) is 7.49. The maximum atomic E-state index is 12.1. The Morgan fingerprint density at radius 2 is 1.95 bits per heavy atom. The van der Waals surface area contributed by atoms with Crippen LogP contribution in [0.3, 0.4) is 0 Å². The van der Waals surface area contributed by atoms with Gasteiger partial charge < -0.3 is 5.32 Å². The van der Waals surface area contributed by atoms with Crippen molar-refractivity contribution in [2.45, 2.75) is 27.3 Å². The normalized spacial score (nSPS) is 10.5. The number of benzene rings is 1. The fourth-order valence-electron chi connectivity index (χ4n) is 2.01. The number of hydrogen-bond donors (Lipinski definition) is 1. The van der Waals surface area contributed by atoms with Crippen molar-refractivity contribution in [3.63, 3.8) is 0 Å². The number of anilines is 1. The van der Waals surface area contributed by atoms with Gasteiger partial charge in [0.1, 0.15) is 6.54 Å². The average Bonchev–Trinajstić information content (AvgIpc) is 2.44. The maximum absolute atomic E-state index is 12.1. The number of nitrogens with one attached hydrogen (secondary N) is 1. The van der Waals surface area contributed by atoms with Crippen LogP contribution in [0.25, 0.3) is 0 Å². The number of amides is 1. The molecule has 2 rings (SSSR count). The van der Waals surface area contributed by atoms with Gasteiger partial charge in [0.05, 0.1) is 10.2 Å². The zero-order chi connectivity index (χ0) is 15.6. The average molecular weight is 350 g/mol. The molecule has 6 heteroatoms. The summed E-state index contributed by atoms with van der Waals surface area (Å²) < 4.78 is 2.09. The van der Waals surface area contributed by atoms with Gasteiger partial charge in [0.25, 0.3) is 0 Å². The minimum atomic E-state index is -0.423. The molecule has 0 atom stereocenters. The van der Waals surface area contributed by atoms with E-state index in [2.05, 4.69) is 26.2 Å². The van der Waals surface area contributed by atoms with Gasteiger partial charge in [-0.25, -0.2) is 4.79 Å². The number of hydrogen-bond acceptors (Lipinski definition) is 3. The Labute approximate surface area is 131 Å². The van der Waals surface area contributed by atoms with Crippen LogP contribution < -0.4 is 11.0 Å². The number of rotatable bonds is 3. The van der Waals surface area contributed by atoms with Gasteiger partial charge >= 0.3 is 5.69 Å². The van der Waals surface area contributed by atoms with Crippen LogP contribution in [0.5, 0.6) is 0 Å². The molecule has 0 aliphatic rings. The van der Waals surface area contributed by atoms with Crippen LogP contribution in [-0.4, -0.2) is 15.5 Å². The Morgan fingerprint density at radius 3 is 2.62 bits per heavy atom. The molecule has 110 valence electrons. The van der Waals surface area contributed by atoms with Crippen molar-refractivity contribution < 1.29 is 4.79 Å². The van der Waals surface area contributed by atoms with Crippen molar-refractivity contribution in [3.05, 3.63) is 56.2 Å². The molecule has 21 heavy (non-hydrogen) atoms. The summed E-state index contributed by atoms with van der Waals surface area (Å²) in [5.41, 5.74) is 2.60. The molecule has 0 aliphatic carbocycles. The van der Waals surface area contributed by atoms with Gasteiger partial charge in [-0.1, -0.05) is 18.2 Å². The fourth-order valence-corrected chi connectivity index (χ4v) is 2.31. The monoisotopic (exact) mass is 349 g/mol. The first-order valence-electron chi connectivity index (χ1n) is 6.49. The van der Waals surface area contributed by atoms with Crippen molar-refractivity contribution >= 4 is 27.5 Å². The molecule has 1 aromatic carbocycles. The number of aromatic nitrogens is 2. The third-order valence-electron chi connectivity index (χ3n) is 3.26. The fraction of sp³-hybridized carbons (Fsp3) is 0.267. The lowest BCUT2D eigenvalue weighted by atomic mass is 10.2. The Hall–Kier alpha value is -1.95. The van der Waals surface area contributed by atoms with Crippen molar-refractivity contribution in [2.75, 3.05) is 5.32 Å². The highest BCUT2D eigenvalue weighted by atomic mass is 79.9. The van der Waals surface area contributed by atoms with Gasteiger partial charge in [0.15, 0.2) is 0 Å². The lowest BCUT2D eigenvalue weighted by Gasteiger charge is -2.13. The molecule has 1 amide bonds. The minimum Gasteiger partial charge on any atom is -0.324 e. The standard InChI is InChI=1S/C15H16BrN3O2/c1-9-6-4-5-7-12(9)18-13(20)8-19-11(3)14(16)10(2)17-15(19)21/h4-7H,8H2,1-3H3,(H,18,20). The van der Waals surface area contributed by atoms with Gasteiger partial charge in [0, 0.05) is 11.4 Å². The van der Waals surface area contributed by atoms with Gasteiger partial charge in [0.2, 0.25) is 5.91 Å². The van der Waals surface area contributed by atoms with E-state index < -0.39 is 5.69 Å². The molecule has 5 nitrogen and oxygen atoms in total. The number of nitrogens with zero attached hydrogens (tertiary/aromatic N) is 2. The predicted molar refractivity (Wildman–Crippen MR) is 85.5 cm³/mol. The number of carbonyl (C=O) groups excluding carboxylic acids is 1. The second-order valence-corrected chi connectivity index (χ2v) is 5.62. The Kier molecular flexibility index (Phi) is 4.57. The molecule has 1 N–H and O–H groups in total. The number of aryl methyl sites for hydroxylation is 2. The molecule has 0 bridgehead atoms. The Balaban J connectivity index is 2.23. The van der Waals surface area contributed by atoms with Crippen LogP contribution in [0.4, 0.5) is 5.69 Å². The highest BCUT2D eigenvalue weighted by Crippen LogP contribution is 2.17. The van der Waals surface area contributed by atoms with Crippen LogP contribution in [-0.2, 0) is 11.3 Å². The quantitative estimate of drug-likeness (QED) is 0.925. The minimum absolute atomic E-state index is 0.0646. The zero-order valence-electron chi connectivity index (χ0n) is 12.1. The zero-order valence-corrected chi connectivity index (χ0v) is 13.7. The Bertz CT molecular complexity index is 753. The van der Waals surface area contributed by atoms with Crippen LogP contribution in [0, 0.1) is 20.8 Å². The van der Waals surface area contributed by atoms with E-state index in [-0.39, 0.29) is 12.5 Å². The van der Waals surface area contributed by atoms with Crippen LogP contribution in [0.1, 0.15) is 17.0 Å². The molecule has 1 heterocycles. The van der Waals surface area contributed by atoms with E-state index >= 15 is 0 Å². The molecular formula is C15H16BrN3O2. The second kappa shape index (κ2) is 6.22. The first-order valence-corrected chi connectivity index (χ1v) is 7.28. The van der Waals surface area contributed by atoms with Crippen LogP contribution in [0.2, 0.25) is 0 Å². The summed E-state index contributed by atoms with van der Waals surface area (Å²) in [5.74, 6) is -0.257. The molecule has 2 aromatic rings. The maximum Gasteiger partial charge on any atom is 0.348 e. The predicted octanol–water partition coefficient (Wildman–Crippen LogP) is 2.57. The van der Waals surface area contributed by atoms with Gasteiger partial charge in [-0.15, -0.1) is 0 Å². The molecule has 0 saturated carbocycles.